The third-order valence-corrected chi connectivity index (χ3v) is 16.0. The Balaban J connectivity index is 1.46. The largest absolute Gasteiger partial charge is 0.394 e. The van der Waals surface area contributed by atoms with Crippen molar-refractivity contribution in [3.05, 3.63) is 0 Å². The molecule has 0 aromatic rings. The van der Waals surface area contributed by atoms with Crippen LogP contribution in [0.2, 0.25) is 0 Å². The minimum absolute atomic E-state index is 0.0140. The van der Waals surface area contributed by atoms with Gasteiger partial charge in [0, 0.05) is 71.6 Å². The van der Waals surface area contributed by atoms with Crippen molar-refractivity contribution < 1.29 is 155 Å². The Morgan fingerprint density at radius 1 is 0.337 bits per heavy atom. The Kier molecular flexibility index (Phi) is 49.4. The van der Waals surface area contributed by atoms with Gasteiger partial charge in [0.15, 0.2) is 18.9 Å². The van der Waals surface area contributed by atoms with Crippen LogP contribution in [0.5, 0.6) is 0 Å². The molecule has 8 amide bonds. The zero-order valence-corrected chi connectivity index (χ0v) is 60.0. The lowest BCUT2D eigenvalue weighted by Gasteiger charge is -2.42. The zero-order valence-electron chi connectivity index (χ0n) is 60.0. The van der Waals surface area contributed by atoms with Gasteiger partial charge in [-0.3, -0.25) is 38.4 Å². The molecule has 0 bridgehead atoms. The minimum atomic E-state index is -1.45. The summed E-state index contributed by atoms with van der Waals surface area (Å²) >= 11 is 0. The fourth-order valence-electron chi connectivity index (χ4n) is 10.6. The van der Waals surface area contributed by atoms with Crippen molar-refractivity contribution in [1.82, 2.24) is 42.5 Å². The first-order valence-corrected chi connectivity index (χ1v) is 35.1. The third kappa shape index (κ3) is 38.6. The molecule has 0 spiro atoms. The predicted octanol–water partition coefficient (Wildman–Crippen LogP) is -8.52. The lowest BCUT2D eigenvalue weighted by atomic mass is 9.83. The van der Waals surface area contributed by atoms with Crippen LogP contribution in [-0.2, 0) is 109 Å². The molecule has 604 valence electrons. The summed E-state index contributed by atoms with van der Waals surface area (Å²) in [5, 5.41) is 112. The summed E-state index contributed by atoms with van der Waals surface area (Å²) in [6, 6.07) is -3.26. The number of carbonyl (C=O) groups excluding carboxylic acids is 8. The van der Waals surface area contributed by atoms with E-state index >= 15 is 0 Å². The molecule has 3 rings (SSSR count). The average Bonchev–Trinajstić information content (AvgIpc) is 0.816. The van der Waals surface area contributed by atoms with Crippen molar-refractivity contribution in [1.29, 1.82) is 0 Å². The molecule has 0 radical (unpaired) electrons. The van der Waals surface area contributed by atoms with Crippen molar-refractivity contribution in [2.45, 2.75) is 177 Å². The first kappa shape index (κ1) is 93.0. The predicted molar refractivity (Wildman–Crippen MR) is 357 cm³/mol. The second kappa shape index (κ2) is 55.2. The second-order valence-electron chi connectivity index (χ2n) is 24.3. The molecule has 15 unspecified atom stereocenters. The lowest BCUT2D eigenvalue weighted by Crippen LogP contribution is -2.64. The monoisotopic (exact) mass is 1510 g/mol. The molecule has 40 heteroatoms. The van der Waals surface area contributed by atoms with Crippen molar-refractivity contribution in [2.24, 2.45) is 0 Å². The van der Waals surface area contributed by atoms with Gasteiger partial charge in [-0.15, -0.1) is 0 Å². The Morgan fingerprint density at radius 2 is 0.587 bits per heavy atom. The first-order valence-electron chi connectivity index (χ1n) is 35.1. The van der Waals surface area contributed by atoms with Crippen LogP contribution in [0.1, 0.15) is 79.1 Å². The second-order valence-corrected chi connectivity index (χ2v) is 24.3. The minimum Gasteiger partial charge on any atom is -0.394 e. The molecule has 0 aromatic carbocycles. The van der Waals surface area contributed by atoms with E-state index in [1.807, 2.05) is 0 Å². The van der Waals surface area contributed by atoms with Crippen LogP contribution in [0.25, 0.3) is 0 Å². The number of amides is 8. The average molecular weight is 1510 g/mol. The highest BCUT2D eigenvalue weighted by atomic mass is 16.7. The molecule has 3 heterocycles. The Bertz CT molecular complexity index is 2180. The maximum absolute atomic E-state index is 13.6. The Labute approximate surface area is 604 Å². The molecular formula is C64H116N8O32. The molecule has 3 saturated heterocycles. The van der Waals surface area contributed by atoms with Crippen molar-refractivity contribution in [3.8, 4) is 0 Å². The van der Waals surface area contributed by atoms with Crippen LogP contribution in [0.4, 0.5) is 0 Å². The molecule has 17 N–H and O–H groups in total. The number of hydrogen-bond donors (Lipinski definition) is 17. The van der Waals surface area contributed by atoms with Crippen molar-refractivity contribution in [2.75, 3.05) is 185 Å². The summed E-state index contributed by atoms with van der Waals surface area (Å²) in [4.78, 5) is 101. The summed E-state index contributed by atoms with van der Waals surface area (Å²) in [6.45, 7) is 6.31. The Morgan fingerprint density at radius 3 is 0.837 bits per heavy atom. The maximum atomic E-state index is 13.6. The molecule has 104 heavy (non-hydrogen) atoms. The van der Waals surface area contributed by atoms with Gasteiger partial charge < -0.3 is 160 Å². The van der Waals surface area contributed by atoms with Crippen molar-refractivity contribution in [3.63, 3.8) is 0 Å². The van der Waals surface area contributed by atoms with Crippen LogP contribution < -0.4 is 42.5 Å². The van der Waals surface area contributed by atoms with Gasteiger partial charge in [-0.05, 0) is 25.7 Å². The highest BCUT2D eigenvalue weighted by molar-refractivity contribution is 5.85. The fourth-order valence-corrected chi connectivity index (χ4v) is 10.6. The number of rotatable bonds is 59. The van der Waals surface area contributed by atoms with Crippen LogP contribution in [0.3, 0.4) is 0 Å². The van der Waals surface area contributed by atoms with Crippen LogP contribution >= 0.6 is 0 Å². The van der Waals surface area contributed by atoms with Gasteiger partial charge in [0.1, 0.15) is 73.1 Å². The van der Waals surface area contributed by atoms with E-state index < -0.39 is 165 Å². The summed E-state index contributed by atoms with van der Waals surface area (Å²) in [5.74, 6) is -3.71. The molecule has 3 fully saturated rings. The van der Waals surface area contributed by atoms with Gasteiger partial charge in [0.05, 0.1) is 165 Å². The molecule has 15 atom stereocenters. The number of carbonyl (C=O) groups is 8. The van der Waals surface area contributed by atoms with Gasteiger partial charge in [-0.2, -0.15) is 0 Å². The summed E-state index contributed by atoms with van der Waals surface area (Å²) in [7, 11) is 0. The van der Waals surface area contributed by atoms with Crippen LogP contribution in [0, 0.1) is 0 Å². The quantitative estimate of drug-likeness (QED) is 0.0252. The molecular weight excluding hydrogens is 1390 g/mol. The molecule has 0 aromatic heterocycles. The molecule has 0 aliphatic carbocycles. The van der Waals surface area contributed by atoms with Crippen molar-refractivity contribution >= 4 is 47.3 Å². The first-order chi connectivity index (χ1) is 50.0. The van der Waals surface area contributed by atoms with Crippen LogP contribution in [0.15, 0.2) is 0 Å². The molecule has 3 aliphatic heterocycles. The summed E-state index contributed by atoms with van der Waals surface area (Å²) in [6.07, 6.45) is -15.4. The van der Waals surface area contributed by atoms with E-state index in [0.29, 0.717) is 6.42 Å². The summed E-state index contributed by atoms with van der Waals surface area (Å²) in [5.41, 5.74) is -1.33. The van der Waals surface area contributed by atoms with E-state index in [2.05, 4.69) is 42.5 Å². The van der Waals surface area contributed by atoms with Gasteiger partial charge >= 0.3 is 0 Å². The molecule has 0 saturated carbocycles. The fraction of sp³-hybridized carbons (Fsp3) is 0.875. The zero-order chi connectivity index (χ0) is 76.5. The number of nitrogens with one attached hydrogen (secondary N) is 8. The SMILES string of the molecule is CCCC(=O)NCC(=O)NC(CCC(=O)NCCOCCOCCOCCOC1OC(CO)C(O)C(O)C1NC(C)=O)(CCC(=O)NCCOCCOCCOCCOC1OC(CO)C(O)C(O)C1NC(C)=O)CCC(=O)NCCOCCOCCOCCOC1OC(CO)C(O)C(O)C1NC(C)=O. The van der Waals surface area contributed by atoms with Gasteiger partial charge in [0.2, 0.25) is 47.3 Å². The van der Waals surface area contributed by atoms with Gasteiger partial charge in [-0.1, -0.05) is 6.92 Å². The van der Waals surface area contributed by atoms with E-state index in [-0.39, 0.29) is 209 Å². The van der Waals surface area contributed by atoms with Crippen LogP contribution in [-0.4, -0.2) is 375 Å². The van der Waals surface area contributed by atoms with Gasteiger partial charge in [0.25, 0.3) is 0 Å². The molecule has 40 nitrogen and oxygen atoms in total. The van der Waals surface area contributed by atoms with E-state index in [0.717, 1.165) is 0 Å². The standard InChI is InChI=1S/C64H116N8O32/c1-5-6-47(79)68-37-51(83)72-64(10-7-48(80)65-13-16-90-19-22-93-25-28-96-31-34-99-61-52(69-41(2)76)58(87)55(84)44(38-73)102-61,11-8-49(81)66-14-17-91-20-23-94-26-29-97-32-35-100-62-53(70-42(3)77)59(88)56(85)45(39-74)103-62)12-9-50(82)67-15-18-92-21-24-95-27-30-98-33-36-101-63-54(71-43(4)78)60(89)57(86)46(40-75)104-63/h44-46,52-63,73-75,84-89H,5-40H2,1-4H3,(H,65,80)(H,66,81)(H,67,82)(H,68,79)(H,69,76)(H,70,77)(H,71,78)(H,72,83). The Hall–Kier alpha value is -5.20. The topological polar surface area (TPSA) is 553 Å². The highest BCUT2D eigenvalue weighted by Crippen LogP contribution is 2.28. The highest BCUT2D eigenvalue weighted by Gasteiger charge is 2.48. The van der Waals surface area contributed by atoms with E-state index in [9.17, 15) is 84.3 Å². The number of hydrogen-bond acceptors (Lipinski definition) is 32. The third-order valence-electron chi connectivity index (χ3n) is 16.0. The molecule has 3 aliphatic rings. The normalized spacial score (nSPS) is 25.3. The lowest BCUT2D eigenvalue weighted by molar-refractivity contribution is -0.272. The van der Waals surface area contributed by atoms with E-state index in [4.69, 9.17) is 71.1 Å². The number of ether oxygens (including phenoxy) is 15. The van der Waals surface area contributed by atoms with Gasteiger partial charge in [-0.25, -0.2) is 0 Å². The maximum Gasteiger partial charge on any atom is 0.239 e. The number of aliphatic hydroxyl groups is 9. The van der Waals surface area contributed by atoms with E-state index in [1.54, 1.807) is 6.92 Å². The smallest absolute Gasteiger partial charge is 0.239 e. The van der Waals surface area contributed by atoms with E-state index in [1.165, 1.54) is 20.8 Å². The number of aliphatic hydroxyl groups excluding tert-OH is 9. The summed E-state index contributed by atoms with van der Waals surface area (Å²) < 4.78 is 83.5.